The number of halogens is 1. The number of aryl methyl sites for hydroxylation is 1. The zero-order valence-electron chi connectivity index (χ0n) is 10.2. The van der Waals surface area contributed by atoms with Gasteiger partial charge in [-0.2, -0.15) is 0 Å². The number of aliphatic hydroxyl groups excluding tert-OH is 1. The molecule has 2 aromatic rings. The van der Waals surface area contributed by atoms with E-state index in [1.165, 1.54) is 14.6 Å². The van der Waals surface area contributed by atoms with Crippen LogP contribution in [0, 0.1) is 10.5 Å². The second-order valence-electron chi connectivity index (χ2n) is 4.83. The Morgan fingerprint density at radius 3 is 2.94 bits per heavy atom. The largest absolute Gasteiger partial charge is 0.391 e. The van der Waals surface area contributed by atoms with E-state index in [9.17, 15) is 5.11 Å². The summed E-state index contributed by atoms with van der Waals surface area (Å²) in [5, 5.41) is 10.9. The van der Waals surface area contributed by atoms with E-state index in [0.29, 0.717) is 0 Å². The molecule has 3 nitrogen and oxygen atoms in total. The predicted molar refractivity (Wildman–Crippen MR) is 82.0 cm³/mol. The van der Waals surface area contributed by atoms with Crippen LogP contribution >= 0.6 is 22.6 Å². The molecule has 0 saturated carbocycles. The number of nitrogens with zero attached hydrogens (tertiary/aromatic N) is 2. The van der Waals surface area contributed by atoms with Crippen LogP contribution in [0.1, 0.15) is 12.1 Å². The molecule has 0 radical (unpaired) electrons. The average molecular weight is 354 g/mol. The number of β-amino-alcohol motifs (C(OH)–C–C–N with tert-alkyl or cyclic N) is 1. The minimum atomic E-state index is -0.197. The molecule has 0 amide bonds. The molecule has 0 unspecified atom stereocenters. The SMILES string of the molecule is Cc1cc(N2CC[C@@H](O)C2)c2ccc(I)cc2n1. The van der Waals surface area contributed by atoms with Crippen LogP contribution in [0.5, 0.6) is 0 Å². The van der Waals surface area contributed by atoms with E-state index in [1.807, 2.05) is 6.92 Å². The van der Waals surface area contributed by atoms with Crippen LogP contribution in [0.25, 0.3) is 10.9 Å². The normalized spacial score (nSPS) is 19.7. The van der Waals surface area contributed by atoms with Gasteiger partial charge in [0.25, 0.3) is 0 Å². The molecule has 2 heterocycles. The van der Waals surface area contributed by atoms with Crippen LogP contribution in [-0.4, -0.2) is 29.3 Å². The van der Waals surface area contributed by atoms with Crippen molar-refractivity contribution in [3.63, 3.8) is 0 Å². The van der Waals surface area contributed by atoms with E-state index in [2.05, 4.69) is 56.7 Å². The van der Waals surface area contributed by atoms with E-state index in [1.54, 1.807) is 0 Å². The molecule has 94 valence electrons. The average Bonchev–Trinajstić information content (AvgIpc) is 2.74. The van der Waals surface area contributed by atoms with E-state index in [0.717, 1.165) is 30.7 Å². The second kappa shape index (κ2) is 4.66. The zero-order valence-corrected chi connectivity index (χ0v) is 12.4. The lowest BCUT2D eigenvalue weighted by atomic mass is 10.1. The summed E-state index contributed by atoms with van der Waals surface area (Å²) in [6.07, 6.45) is 0.658. The second-order valence-corrected chi connectivity index (χ2v) is 6.08. The van der Waals surface area contributed by atoms with Gasteiger partial charge in [0.1, 0.15) is 0 Å². The molecule has 0 bridgehead atoms. The van der Waals surface area contributed by atoms with Gasteiger partial charge in [-0.3, -0.25) is 4.98 Å². The minimum Gasteiger partial charge on any atom is -0.391 e. The highest BCUT2D eigenvalue weighted by atomic mass is 127. The Morgan fingerprint density at radius 2 is 2.22 bits per heavy atom. The molecule has 1 saturated heterocycles. The lowest BCUT2D eigenvalue weighted by Crippen LogP contribution is -2.21. The molecule has 0 spiro atoms. The smallest absolute Gasteiger partial charge is 0.0736 e. The summed E-state index contributed by atoms with van der Waals surface area (Å²) in [7, 11) is 0. The van der Waals surface area contributed by atoms with Crippen LogP contribution in [0.15, 0.2) is 24.3 Å². The maximum absolute atomic E-state index is 9.69. The van der Waals surface area contributed by atoms with Crippen molar-refractivity contribution in [1.82, 2.24) is 4.98 Å². The van der Waals surface area contributed by atoms with E-state index in [4.69, 9.17) is 0 Å². The summed E-state index contributed by atoms with van der Waals surface area (Å²) in [6.45, 7) is 3.67. The first kappa shape index (κ1) is 12.2. The highest BCUT2D eigenvalue weighted by Gasteiger charge is 2.22. The fourth-order valence-electron chi connectivity index (χ4n) is 2.53. The molecule has 1 fully saturated rings. The van der Waals surface area contributed by atoms with E-state index in [-0.39, 0.29) is 6.10 Å². The van der Waals surface area contributed by atoms with Crippen LogP contribution in [0.4, 0.5) is 5.69 Å². The maximum atomic E-state index is 9.69. The molecule has 1 N–H and O–H groups in total. The first-order valence-electron chi connectivity index (χ1n) is 6.13. The lowest BCUT2D eigenvalue weighted by molar-refractivity contribution is 0.198. The maximum Gasteiger partial charge on any atom is 0.0736 e. The van der Waals surface area contributed by atoms with Crippen molar-refractivity contribution < 1.29 is 5.11 Å². The minimum absolute atomic E-state index is 0.197. The molecule has 0 aliphatic carbocycles. The molecule has 1 aromatic heterocycles. The molecule has 4 heteroatoms. The lowest BCUT2D eigenvalue weighted by Gasteiger charge is -2.20. The summed E-state index contributed by atoms with van der Waals surface area (Å²) < 4.78 is 1.20. The number of benzene rings is 1. The standard InChI is InChI=1S/C14H15IN2O/c1-9-6-14(17-5-4-11(18)8-17)12-3-2-10(15)7-13(12)16-9/h2-3,6-7,11,18H,4-5,8H2,1H3/t11-/m1/s1. The highest BCUT2D eigenvalue weighted by molar-refractivity contribution is 14.1. The van der Waals surface area contributed by atoms with Gasteiger partial charge in [-0.15, -0.1) is 0 Å². The first-order chi connectivity index (χ1) is 8.63. The van der Waals surface area contributed by atoms with Crippen molar-refractivity contribution in [1.29, 1.82) is 0 Å². The van der Waals surface area contributed by atoms with E-state index < -0.39 is 0 Å². The van der Waals surface area contributed by atoms with Gasteiger partial charge in [0.15, 0.2) is 0 Å². The Kier molecular flexibility index (Phi) is 3.15. The number of anilines is 1. The van der Waals surface area contributed by atoms with Gasteiger partial charge in [0, 0.05) is 33.4 Å². The Bertz CT molecular complexity index is 594. The molecule has 1 aliphatic heterocycles. The number of rotatable bonds is 1. The van der Waals surface area contributed by atoms with E-state index >= 15 is 0 Å². The molecular weight excluding hydrogens is 339 g/mol. The number of pyridine rings is 1. The van der Waals surface area contributed by atoms with Crippen LogP contribution < -0.4 is 4.90 Å². The van der Waals surface area contributed by atoms with Gasteiger partial charge >= 0.3 is 0 Å². The van der Waals surface area contributed by atoms with Crippen molar-refractivity contribution in [3.05, 3.63) is 33.5 Å². The number of aliphatic hydroxyl groups is 1. The zero-order chi connectivity index (χ0) is 12.7. The molecule has 1 aliphatic rings. The third-order valence-corrected chi connectivity index (χ3v) is 4.05. The van der Waals surface area contributed by atoms with Gasteiger partial charge < -0.3 is 10.0 Å². The Labute approximate surface area is 120 Å². The monoisotopic (exact) mass is 354 g/mol. The highest BCUT2D eigenvalue weighted by Crippen LogP contribution is 2.30. The van der Waals surface area contributed by atoms with Crippen LogP contribution in [-0.2, 0) is 0 Å². The Morgan fingerprint density at radius 1 is 1.39 bits per heavy atom. The number of hydrogen-bond donors (Lipinski definition) is 1. The first-order valence-corrected chi connectivity index (χ1v) is 7.21. The number of fused-ring (bicyclic) bond motifs is 1. The Hall–Kier alpha value is -0.880. The molecule has 1 atom stereocenters. The summed E-state index contributed by atoms with van der Waals surface area (Å²) in [6, 6.07) is 8.46. The molecule has 18 heavy (non-hydrogen) atoms. The van der Waals surface area contributed by atoms with Crippen LogP contribution in [0.2, 0.25) is 0 Å². The predicted octanol–water partition coefficient (Wildman–Crippen LogP) is 2.72. The summed E-state index contributed by atoms with van der Waals surface area (Å²) in [4.78, 5) is 6.85. The van der Waals surface area contributed by atoms with Crippen LogP contribution in [0.3, 0.4) is 0 Å². The molecule has 1 aromatic carbocycles. The van der Waals surface area contributed by atoms with Gasteiger partial charge in [0.05, 0.1) is 11.6 Å². The number of hydrogen-bond acceptors (Lipinski definition) is 3. The van der Waals surface area contributed by atoms with Gasteiger partial charge in [0.2, 0.25) is 0 Å². The fraction of sp³-hybridized carbons (Fsp3) is 0.357. The van der Waals surface area contributed by atoms with Crippen molar-refractivity contribution in [3.8, 4) is 0 Å². The van der Waals surface area contributed by atoms with Crippen molar-refractivity contribution in [2.75, 3.05) is 18.0 Å². The summed E-state index contributed by atoms with van der Waals surface area (Å²) in [5.41, 5.74) is 3.27. The topological polar surface area (TPSA) is 36.4 Å². The van der Waals surface area contributed by atoms with Gasteiger partial charge in [-0.25, -0.2) is 0 Å². The van der Waals surface area contributed by atoms with Crippen molar-refractivity contribution in [2.24, 2.45) is 0 Å². The molecule has 3 rings (SSSR count). The third kappa shape index (κ3) is 2.19. The summed E-state index contributed by atoms with van der Waals surface area (Å²) >= 11 is 2.31. The van der Waals surface area contributed by atoms with Gasteiger partial charge in [-0.1, -0.05) is 0 Å². The molecular formula is C14H15IN2O. The van der Waals surface area contributed by atoms with Crippen molar-refractivity contribution >= 4 is 39.2 Å². The Balaban J connectivity index is 2.15. The summed E-state index contributed by atoms with van der Waals surface area (Å²) in [5.74, 6) is 0. The van der Waals surface area contributed by atoms with Crippen molar-refractivity contribution in [2.45, 2.75) is 19.4 Å². The third-order valence-electron chi connectivity index (χ3n) is 3.38. The fourth-order valence-corrected chi connectivity index (χ4v) is 3.01. The number of aromatic nitrogens is 1. The quantitative estimate of drug-likeness (QED) is 0.800. The van der Waals surface area contributed by atoms with Gasteiger partial charge in [-0.05, 0) is 60.2 Å².